The second-order valence-corrected chi connectivity index (χ2v) is 9.17. The topological polar surface area (TPSA) is 96.9 Å². The van der Waals surface area contributed by atoms with Gasteiger partial charge in [-0.05, 0) is 24.3 Å². The summed E-state index contributed by atoms with van der Waals surface area (Å²) >= 11 is 1.07. The van der Waals surface area contributed by atoms with Gasteiger partial charge in [-0.25, -0.2) is 8.42 Å². The molecule has 2 amide bonds. The van der Waals surface area contributed by atoms with Crippen LogP contribution < -0.4 is 0 Å². The standard InChI is InChI=1S/C16H15N3O5S2/c20-15-12-2-1-5-17-14(12)16(21)19(15)10-11-3-4-13(25-11)26(22,23)18-6-8-24-9-7-18/h1-5H,6-10H2. The van der Waals surface area contributed by atoms with Gasteiger partial charge in [0.1, 0.15) is 9.90 Å². The third-order valence-corrected chi connectivity index (χ3v) is 7.68. The molecule has 8 nitrogen and oxygen atoms in total. The van der Waals surface area contributed by atoms with E-state index in [0.29, 0.717) is 31.2 Å². The number of rotatable bonds is 4. The van der Waals surface area contributed by atoms with Gasteiger partial charge < -0.3 is 4.74 Å². The Balaban J connectivity index is 1.55. The summed E-state index contributed by atoms with van der Waals surface area (Å²) in [6.45, 7) is 1.41. The molecule has 2 aromatic heterocycles. The van der Waals surface area contributed by atoms with Gasteiger partial charge in [-0.3, -0.25) is 19.5 Å². The number of sulfonamides is 1. The smallest absolute Gasteiger partial charge is 0.280 e. The molecule has 0 N–H and O–H groups in total. The minimum atomic E-state index is -3.58. The normalized spacial score (nSPS) is 18.4. The Bertz CT molecular complexity index is 944. The Morgan fingerprint density at radius 2 is 1.88 bits per heavy atom. The zero-order valence-corrected chi connectivity index (χ0v) is 15.3. The van der Waals surface area contributed by atoms with Crippen LogP contribution in [0.4, 0.5) is 0 Å². The summed E-state index contributed by atoms with van der Waals surface area (Å²) < 4.78 is 32.1. The molecular formula is C16H15N3O5S2. The number of imide groups is 1. The van der Waals surface area contributed by atoms with Crippen molar-refractivity contribution in [3.05, 3.63) is 46.6 Å². The minimum absolute atomic E-state index is 0.0251. The molecule has 0 radical (unpaired) electrons. The quantitative estimate of drug-likeness (QED) is 0.718. The highest BCUT2D eigenvalue weighted by molar-refractivity contribution is 7.91. The number of thiophene rings is 1. The van der Waals surface area contributed by atoms with Crippen molar-refractivity contribution in [2.45, 2.75) is 10.8 Å². The largest absolute Gasteiger partial charge is 0.379 e. The van der Waals surface area contributed by atoms with E-state index in [1.807, 2.05) is 0 Å². The monoisotopic (exact) mass is 393 g/mol. The zero-order chi connectivity index (χ0) is 18.3. The van der Waals surface area contributed by atoms with Crippen molar-refractivity contribution in [2.24, 2.45) is 0 Å². The molecule has 0 spiro atoms. The maximum Gasteiger partial charge on any atom is 0.280 e. The highest BCUT2D eigenvalue weighted by Gasteiger charge is 2.37. The Labute approximate surface area is 154 Å². The first kappa shape index (κ1) is 17.3. The molecule has 26 heavy (non-hydrogen) atoms. The van der Waals surface area contributed by atoms with Gasteiger partial charge in [-0.15, -0.1) is 11.3 Å². The molecule has 0 atom stereocenters. The summed E-state index contributed by atoms with van der Waals surface area (Å²) in [4.78, 5) is 30.4. The summed E-state index contributed by atoms with van der Waals surface area (Å²) in [7, 11) is -3.58. The number of nitrogens with zero attached hydrogens (tertiary/aromatic N) is 3. The number of carbonyl (C=O) groups is 2. The molecule has 0 saturated carbocycles. The number of amides is 2. The van der Waals surface area contributed by atoms with E-state index in [1.165, 1.54) is 16.6 Å². The lowest BCUT2D eigenvalue weighted by molar-refractivity contribution is 0.0642. The van der Waals surface area contributed by atoms with Gasteiger partial charge in [0.2, 0.25) is 0 Å². The van der Waals surface area contributed by atoms with Crippen LogP contribution >= 0.6 is 11.3 Å². The van der Waals surface area contributed by atoms with Crippen molar-refractivity contribution in [2.75, 3.05) is 26.3 Å². The molecule has 1 fully saturated rings. The summed E-state index contributed by atoms with van der Waals surface area (Å²) in [5.74, 6) is -0.874. The minimum Gasteiger partial charge on any atom is -0.379 e. The first-order valence-electron chi connectivity index (χ1n) is 7.96. The molecule has 0 aromatic carbocycles. The summed E-state index contributed by atoms with van der Waals surface area (Å²) in [6.07, 6.45) is 1.46. The molecule has 2 aromatic rings. The van der Waals surface area contributed by atoms with Gasteiger partial charge in [0.15, 0.2) is 0 Å². The van der Waals surface area contributed by atoms with Crippen molar-refractivity contribution in [1.82, 2.24) is 14.2 Å². The van der Waals surface area contributed by atoms with Crippen LogP contribution in [-0.2, 0) is 21.3 Å². The third kappa shape index (κ3) is 2.84. The fraction of sp³-hybridized carbons (Fsp3) is 0.312. The van der Waals surface area contributed by atoms with E-state index in [-0.39, 0.29) is 22.0 Å². The number of ether oxygens (including phenoxy) is 1. The molecule has 0 aliphatic carbocycles. The van der Waals surface area contributed by atoms with Crippen molar-refractivity contribution >= 4 is 33.2 Å². The molecule has 0 bridgehead atoms. The van der Waals surface area contributed by atoms with Crippen LogP contribution in [0.1, 0.15) is 25.7 Å². The van der Waals surface area contributed by atoms with Crippen LogP contribution in [0.25, 0.3) is 0 Å². The molecule has 136 valence electrons. The second-order valence-electron chi connectivity index (χ2n) is 5.83. The van der Waals surface area contributed by atoms with E-state index >= 15 is 0 Å². The molecule has 10 heteroatoms. The van der Waals surface area contributed by atoms with E-state index < -0.39 is 21.8 Å². The van der Waals surface area contributed by atoms with E-state index in [1.54, 1.807) is 18.2 Å². The second kappa shape index (κ2) is 6.54. The third-order valence-electron chi connectivity index (χ3n) is 4.25. The molecule has 0 unspecified atom stereocenters. The van der Waals surface area contributed by atoms with Gasteiger partial charge in [0.05, 0.1) is 25.3 Å². The predicted octanol–water partition coefficient (Wildman–Crippen LogP) is 0.960. The van der Waals surface area contributed by atoms with Crippen LogP contribution in [-0.4, -0.2) is 60.7 Å². The Morgan fingerprint density at radius 1 is 1.12 bits per heavy atom. The van der Waals surface area contributed by atoms with E-state index in [2.05, 4.69) is 4.98 Å². The van der Waals surface area contributed by atoms with Crippen molar-refractivity contribution in [1.29, 1.82) is 0 Å². The predicted molar refractivity (Wildman–Crippen MR) is 92.3 cm³/mol. The first-order chi connectivity index (χ1) is 12.5. The van der Waals surface area contributed by atoms with Gasteiger partial charge in [-0.2, -0.15) is 4.31 Å². The molecule has 2 aliphatic heterocycles. The number of pyridine rings is 1. The van der Waals surface area contributed by atoms with Gasteiger partial charge in [0.25, 0.3) is 21.8 Å². The fourth-order valence-electron chi connectivity index (χ4n) is 2.91. The number of hydrogen-bond donors (Lipinski definition) is 0. The summed E-state index contributed by atoms with van der Waals surface area (Å²) in [5.41, 5.74) is 0.408. The zero-order valence-electron chi connectivity index (χ0n) is 13.6. The van der Waals surface area contributed by atoms with E-state index in [4.69, 9.17) is 4.74 Å². The van der Waals surface area contributed by atoms with E-state index in [0.717, 1.165) is 16.2 Å². The molecular weight excluding hydrogens is 378 g/mol. The highest BCUT2D eigenvalue weighted by Crippen LogP contribution is 2.29. The maximum atomic E-state index is 12.7. The molecule has 4 rings (SSSR count). The van der Waals surface area contributed by atoms with Crippen molar-refractivity contribution in [3.63, 3.8) is 0 Å². The van der Waals surface area contributed by atoms with Crippen molar-refractivity contribution < 1.29 is 22.7 Å². The molecule has 4 heterocycles. The Hall–Kier alpha value is -2.14. The average molecular weight is 393 g/mol. The van der Waals surface area contributed by atoms with Crippen molar-refractivity contribution in [3.8, 4) is 0 Å². The Morgan fingerprint density at radius 3 is 2.62 bits per heavy atom. The van der Waals surface area contributed by atoms with Gasteiger partial charge in [-0.1, -0.05) is 0 Å². The summed E-state index contributed by atoms with van der Waals surface area (Å²) in [6, 6.07) is 6.31. The lowest BCUT2D eigenvalue weighted by Gasteiger charge is -2.25. The van der Waals surface area contributed by atoms with Gasteiger partial charge >= 0.3 is 0 Å². The lowest BCUT2D eigenvalue weighted by Crippen LogP contribution is -2.40. The lowest BCUT2D eigenvalue weighted by atomic mass is 10.2. The maximum absolute atomic E-state index is 12.7. The number of carbonyl (C=O) groups excluding carboxylic acids is 2. The van der Waals surface area contributed by atoms with Crippen LogP contribution in [0.2, 0.25) is 0 Å². The SMILES string of the molecule is O=C1c2cccnc2C(=O)N1Cc1ccc(S(=O)(=O)N2CCOCC2)s1. The van der Waals surface area contributed by atoms with Crippen LogP contribution in [0.5, 0.6) is 0 Å². The number of aromatic nitrogens is 1. The number of fused-ring (bicyclic) bond motifs is 1. The number of hydrogen-bond acceptors (Lipinski definition) is 7. The highest BCUT2D eigenvalue weighted by atomic mass is 32.2. The van der Waals surface area contributed by atoms with Crippen LogP contribution in [0, 0.1) is 0 Å². The molecule has 1 saturated heterocycles. The van der Waals surface area contributed by atoms with Crippen LogP contribution in [0.15, 0.2) is 34.7 Å². The average Bonchev–Trinajstić information content (AvgIpc) is 3.23. The van der Waals surface area contributed by atoms with Gasteiger partial charge in [0, 0.05) is 24.2 Å². The molecule has 2 aliphatic rings. The number of morpholine rings is 1. The first-order valence-corrected chi connectivity index (χ1v) is 10.2. The van der Waals surface area contributed by atoms with E-state index in [9.17, 15) is 18.0 Å². The summed E-state index contributed by atoms with van der Waals surface area (Å²) in [5, 5.41) is 0. The Kier molecular flexibility index (Phi) is 4.35. The van der Waals surface area contributed by atoms with Crippen LogP contribution in [0.3, 0.4) is 0 Å². The fourth-order valence-corrected chi connectivity index (χ4v) is 5.82.